The molecule has 1 heterocycles. The molecule has 1 saturated heterocycles. The maximum atomic E-state index is 9.06. The second-order valence-electron chi connectivity index (χ2n) is 4.75. The average molecular weight is 229 g/mol. The van der Waals surface area contributed by atoms with Crippen LogP contribution >= 0.6 is 0 Å². The molecule has 3 heteroatoms. The van der Waals surface area contributed by atoms with Gasteiger partial charge in [0.25, 0.3) is 0 Å². The lowest BCUT2D eigenvalue weighted by Gasteiger charge is -2.32. The van der Waals surface area contributed by atoms with Crippen LogP contribution in [0.3, 0.4) is 0 Å². The van der Waals surface area contributed by atoms with Gasteiger partial charge in [-0.1, -0.05) is 18.2 Å². The molecule has 0 aromatic heterocycles. The lowest BCUT2D eigenvalue weighted by atomic mass is 9.97. The summed E-state index contributed by atoms with van der Waals surface area (Å²) in [7, 11) is 0. The fourth-order valence-electron chi connectivity index (χ4n) is 2.50. The van der Waals surface area contributed by atoms with Crippen LogP contribution in [-0.4, -0.2) is 24.5 Å². The fourth-order valence-corrected chi connectivity index (χ4v) is 2.50. The number of rotatable bonds is 3. The summed E-state index contributed by atoms with van der Waals surface area (Å²) in [5, 5.41) is 9.06. The minimum atomic E-state index is 0.623. The third-order valence-corrected chi connectivity index (χ3v) is 3.47. The zero-order valence-corrected chi connectivity index (χ0v) is 10.1. The van der Waals surface area contributed by atoms with Gasteiger partial charge in [-0.3, -0.25) is 4.90 Å². The van der Waals surface area contributed by atoms with Gasteiger partial charge in [0.2, 0.25) is 0 Å². The number of hydrogen-bond acceptors (Lipinski definition) is 3. The second-order valence-corrected chi connectivity index (χ2v) is 4.75. The highest BCUT2D eigenvalue weighted by atomic mass is 15.1. The zero-order chi connectivity index (χ0) is 12.1. The molecule has 2 rings (SSSR count). The maximum absolute atomic E-state index is 9.06. The van der Waals surface area contributed by atoms with Gasteiger partial charge >= 0.3 is 0 Å². The molecule has 2 N–H and O–H groups in total. The Morgan fingerprint density at radius 2 is 2.24 bits per heavy atom. The van der Waals surface area contributed by atoms with Crippen molar-refractivity contribution < 1.29 is 0 Å². The molecule has 1 aliphatic heterocycles. The molecule has 0 saturated carbocycles. The Morgan fingerprint density at radius 3 is 3.00 bits per heavy atom. The van der Waals surface area contributed by atoms with Crippen molar-refractivity contribution in [3.63, 3.8) is 0 Å². The summed E-state index contributed by atoms with van der Waals surface area (Å²) in [6, 6.07) is 10.1. The number of benzene rings is 1. The predicted molar refractivity (Wildman–Crippen MR) is 68.2 cm³/mol. The topological polar surface area (TPSA) is 53.0 Å². The highest BCUT2D eigenvalue weighted by molar-refractivity contribution is 5.37. The van der Waals surface area contributed by atoms with Gasteiger partial charge in [0, 0.05) is 13.1 Å². The van der Waals surface area contributed by atoms with Crippen LogP contribution in [0.5, 0.6) is 0 Å². The van der Waals surface area contributed by atoms with Crippen molar-refractivity contribution in [3.05, 3.63) is 35.4 Å². The summed E-state index contributed by atoms with van der Waals surface area (Å²) >= 11 is 0. The Balaban J connectivity index is 2.03. The summed E-state index contributed by atoms with van der Waals surface area (Å²) in [6.45, 7) is 3.84. The first kappa shape index (κ1) is 12.1. The minimum Gasteiger partial charge on any atom is -0.330 e. The smallest absolute Gasteiger partial charge is 0.0995 e. The standard InChI is InChI=1S/C14H19N3/c15-8-12-4-3-7-17(10-12)11-14-6-2-1-5-13(14)9-16/h1-2,5-6,12H,3-4,7-8,10-11,15H2/t12-/m1/s1. The maximum Gasteiger partial charge on any atom is 0.0995 e. The molecule has 0 bridgehead atoms. The van der Waals surface area contributed by atoms with Crippen LogP contribution in [-0.2, 0) is 6.54 Å². The van der Waals surface area contributed by atoms with Gasteiger partial charge in [-0.2, -0.15) is 5.26 Å². The average Bonchev–Trinajstić information content (AvgIpc) is 2.39. The number of nitriles is 1. The van der Waals surface area contributed by atoms with E-state index in [9.17, 15) is 0 Å². The van der Waals surface area contributed by atoms with E-state index in [4.69, 9.17) is 11.0 Å². The number of nitrogens with zero attached hydrogens (tertiary/aromatic N) is 2. The summed E-state index contributed by atoms with van der Waals surface area (Å²) in [6.07, 6.45) is 2.46. The lowest BCUT2D eigenvalue weighted by molar-refractivity contribution is 0.171. The first-order valence-electron chi connectivity index (χ1n) is 6.24. The van der Waals surface area contributed by atoms with Crippen LogP contribution in [0.15, 0.2) is 24.3 Å². The van der Waals surface area contributed by atoms with Crippen LogP contribution in [0.4, 0.5) is 0 Å². The largest absolute Gasteiger partial charge is 0.330 e. The molecule has 1 aromatic rings. The summed E-state index contributed by atoms with van der Waals surface area (Å²) in [4.78, 5) is 2.41. The van der Waals surface area contributed by atoms with Crippen molar-refractivity contribution in [1.82, 2.24) is 4.90 Å². The molecule has 17 heavy (non-hydrogen) atoms. The van der Waals surface area contributed by atoms with Gasteiger partial charge in [-0.15, -0.1) is 0 Å². The Hall–Kier alpha value is -1.37. The van der Waals surface area contributed by atoms with E-state index in [1.54, 1.807) is 0 Å². The van der Waals surface area contributed by atoms with Gasteiger partial charge in [0.1, 0.15) is 0 Å². The van der Waals surface area contributed by atoms with Crippen LogP contribution in [0.1, 0.15) is 24.0 Å². The molecule has 90 valence electrons. The van der Waals surface area contributed by atoms with Crippen molar-refractivity contribution in [2.45, 2.75) is 19.4 Å². The van der Waals surface area contributed by atoms with E-state index in [2.05, 4.69) is 11.0 Å². The first-order chi connectivity index (χ1) is 8.33. The molecule has 1 aliphatic rings. The quantitative estimate of drug-likeness (QED) is 0.858. The number of hydrogen-bond donors (Lipinski definition) is 1. The molecule has 0 amide bonds. The summed E-state index contributed by atoms with van der Waals surface area (Å²) in [5.74, 6) is 0.623. The summed E-state index contributed by atoms with van der Waals surface area (Å²) in [5.41, 5.74) is 7.66. The first-order valence-corrected chi connectivity index (χ1v) is 6.24. The van der Waals surface area contributed by atoms with E-state index in [0.717, 1.165) is 37.3 Å². The monoisotopic (exact) mass is 229 g/mol. The van der Waals surface area contributed by atoms with Gasteiger partial charge in [0.05, 0.1) is 11.6 Å². The SMILES string of the molecule is N#Cc1ccccc1CN1CCC[C@H](CN)C1. The second kappa shape index (κ2) is 5.81. The van der Waals surface area contributed by atoms with Crippen molar-refractivity contribution in [2.24, 2.45) is 11.7 Å². The Labute approximate surface area is 103 Å². The van der Waals surface area contributed by atoms with E-state index in [-0.39, 0.29) is 0 Å². The van der Waals surface area contributed by atoms with Gasteiger partial charge in [0.15, 0.2) is 0 Å². The van der Waals surface area contributed by atoms with E-state index in [1.165, 1.54) is 12.8 Å². The van der Waals surface area contributed by atoms with Gasteiger partial charge < -0.3 is 5.73 Å². The molecule has 0 aliphatic carbocycles. The minimum absolute atomic E-state index is 0.623. The van der Waals surface area contributed by atoms with Crippen LogP contribution in [0, 0.1) is 17.2 Å². The fraction of sp³-hybridized carbons (Fsp3) is 0.500. The number of piperidine rings is 1. The van der Waals surface area contributed by atoms with E-state index >= 15 is 0 Å². The van der Waals surface area contributed by atoms with Crippen LogP contribution < -0.4 is 5.73 Å². The molecule has 1 atom stereocenters. The van der Waals surface area contributed by atoms with Crippen molar-refractivity contribution >= 4 is 0 Å². The lowest BCUT2D eigenvalue weighted by Crippen LogP contribution is -2.37. The Morgan fingerprint density at radius 1 is 1.41 bits per heavy atom. The third-order valence-electron chi connectivity index (χ3n) is 3.47. The highest BCUT2D eigenvalue weighted by Gasteiger charge is 2.19. The van der Waals surface area contributed by atoms with Gasteiger partial charge in [-0.05, 0) is 43.5 Å². The molecule has 0 radical (unpaired) electrons. The van der Waals surface area contributed by atoms with Crippen molar-refractivity contribution in [3.8, 4) is 6.07 Å². The van der Waals surface area contributed by atoms with Gasteiger partial charge in [-0.25, -0.2) is 0 Å². The molecular weight excluding hydrogens is 210 g/mol. The van der Waals surface area contributed by atoms with Crippen LogP contribution in [0.2, 0.25) is 0 Å². The zero-order valence-electron chi connectivity index (χ0n) is 10.1. The molecule has 1 aromatic carbocycles. The number of nitrogens with two attached hydrogens (primary N) is 1. The van der Waals surface area contributed by atoms with E-state index < -0.39 is 0 Å². The highest BCUT2D eigenvalue weighted by Crippen LogP contribution is 2.18. The molecular formula is C14H19N3. The Kier molecular flexibility index (Phi) is 4.13. The molecule has 0 spiro atoms. The molecule has 0 unspecified atom stereocenters. The molecule has 3 nitrogen and oxygen atoms in total. The number of likely N-dealkylation sites (tertiary alicyclic amines) is 1. The van der Waals surface area contributed by atoms with Crippen molar-refractivity contribution in [1.29, 1.82) is 5.26 Å². The Bertz CT molecular complexity index is 408. The summed E-state index contributed by atoms with van der Waals surface area (Å²) < 4.78 is 0. The van der Waals surface area contributed by atoms with E-state index in [0.29, 0.717) is 5.92 Å². The third kappa shape index (κ3) is 3.06. The van der Waals surface area contributed by atoms with Crippen LogP contribution in [0.25, 0.3) is 0 Å². The molecule has 1 fully saturated rings. The van der Waals surface area contributed by atoms with E-state index in [1.807, 2.05) is 24.3 Å². The predicted octanol–water partition coefficient (Wildman–Crippen LogP) is 1.73. The van der Waals surface area contributed by atoms with Crippen molar-refractivity contribution in [2.75, 3.05) is 19.6 Å². The normalized spacial score (nSPS) is 21.1.